The molecule has 4 heterocycles. The lowest BCUT2D eigenvalue weighted by atomic mass is 9.78. The van der Waals surface area contributed by atoms with Crippen LogP contribution in [-0.4, -0.2) is 73.1 Å². The Bertz CT molecular complexity index is 1180. The maximum Gasteiger partial charge on any atom is 0.287 e. The number of furan rings is 1. The fraction of sp³-hybridized carbons (Fsp3) is 0.524. The van der Waals surface area contributed by atoms with Crippen LogP contribution in [0, 0.1) is 12.3 Å². The minimum absolute atomic E-state index is 0.117. The van der Waals surface area contributed by atoms with E-state index in [0.717, 1.165) is 17.8 Å². The van der Waals surface area contributed by atoms with Gasteiger partial charge in [-0.05, 0) is 43.7 Å². The maximum atomic E-state index is 13.3. The summed E-state index contributed by atoms with van der Waals surface area (Å²) in [5.41, 5.74) is 0.187. The van der Waals surface area contributed by atoms with Crippen LogP contribution < -0.4 is 10.6 Å². The van der Waals surface area contributed by atoms with E-state index in [1.807, 2.05) is 0 Å². The highest BCUT2D eigenvalue weighted by molar-refractivity contribution is 7.91. The van der Waals surface area contributed by atoms with E-state index in [1.165, 1.54) is 23.6 Å². The molecule has 2 N–H and O–H groups in total. The summed E-state index contributed by atoms with van der Waals surface area (Å²) in [6.45, 7) is 4.66. The number of thiazole rings is 1. The summed E-state index contributed by atoms with van der Waals surface area (Å²) in [5, 5.41) is 5.37. The zero-order valence-electron chi connectivity index (χ0n) is 19.0. The Morgan fingerprint density at radius 1 is 1.21 bits per heavy atom. The van der Waals surface area contributed by atoms with Crippen LogP contribution in [0.4, 0.5) is 5.13 Å². The lowest BCUT2D eigenvalue weighted by molar-refractivity contribution is -0.132. The Hall–Kier alpha value is -2.77. The van der Waals surface area contributed by atoms with Crippen molar-refractivity contribution in [3.63, 3.8) is 0 Å². The Balaban J connectivity index is 1.33. The molecule has 2 aromatic rings. The van der Waals surface area contributed by atoms with Gasteiger partial charge in [0.05, 0.1) is 18.5 Å². The van der Waals surface area contributed by atoms with Gasteiger partial charge in [-0.2, -0.15) is 4.31 Å². The molecule has 34 heavy (non-hydrogen) atoms. The van der Waals surface area contributed by atoms with Crippen LogP contribution in [-0.2, 0) is 19.6 Å². The normalized spacial score (nSPS) is 18.2. The zero-order valence-corrected chi connectivity index (χ0v) is 20.6. The summed E-state index contributed by atoms with van der Waals surface area (Å²) >= 11 is 0.961. The molecule has 0 radical (unpaired) electrons. The molecule has 184 valence electrons. The number of carbonyl (C=O) groups excluding carboxylic acids is 3. The van der Waals surface area contributed by atoms with Crippen molar-refractivity contribution in [2.45, 2.75) is 37.3 Å². The predicted molar refractivity (Wildman–Crippen MR) is 124 cm³/mol. The molecular weight excluding hydrogens is 482 g/mol. The number of amides is 3. The minimum atomic E-state index is -3.73. The molecule has 0 atom stereocenters. The van der Waals surface area contributed by atoms with Gasteiger partial charge in [-0.3, -0.25) is 14.4 Å². The predicted octanol–water partition coefficient (Wildman–Crippen LogP) is 1.44. The first-order valence-corrected chi connectivity index (χ1v) is 13.2. The van der Waals surface area contributed by atoms with E-state index in [4.69, 9.17) is 4.42 Å². The van der Waals surface area contributed by atoms with E-state index in [-0.39, 0.29) is 38.9 Å². The lowest BCUT2D eigenvalue weighted by Gasteiger charge is -2.39. The SMILES string of the molecule is CC(=O)Nc1nc(C)c(S(=O)(=O)N2CCC3(CCN(C(=O)CNC(=O)c4ccco4)CC3)C2)s1. The summed E-state index contributed by atoms with van der Waals surface area (Å²) < 4.78 is 33.2. The van der Waals surface area contributed by atoms with Crippen molar-refractivity contribution in [2.24, 2.45) is 5.41 Å². The number of nitrogens with zero attached hydrogens (tertiary/aromatic N) is 3. The van der Waals surface area contributed by atoms with Crippen molar-refractivity contribution in [1.82, 2.24) is 19.5 Å². The van der Waals surface area contributed by atoms with Crippen LogP contribution in [0.1, 0.15) is 42.4 Å². The first-order valence-electron chi connectivity index (χ1n) is 10.9. The summed E-state index contributed by atoms with van der Waals surface area (Å²) in [5.74, 6) is -0.774. The molecule has 0 bridgehead atoms. The number of sulfonamides is 1. The van der Waals surface area contributed by atoms with Gasteiger partial charge in [0, 0.05) is 33.1 Å². The third kappa shape index (κ3) is 5.00. The number of rotatable bonds is 6. The van der Waals surface area contributed by atoms with Gasteiger partial charge in [0.25, 0.3) is 15.9 Å². The van der Waals surface area contributed by atoms with Crippen LogP contribution in [0.3, 0.4) is 0 Å². The maximum absolute atomic E-state index is 13.3. The largest absolute Gasteiger partial charge is 0.459 e. The van der Waals surface area contributed by atoms with Crippen molar-refractivity contribution < 1.29 is 27.2 Å². The second kappa shape index (κ2) is 9.47. The van der Waals surface area contributed by atoms with Gasteiger partial charge in [-0.25, -0.2) is 13.4 Å². The van der Waals surface area contributed by atoms with Gasteiger partial charge in [0.2, 0.25) is 11.8 Å². The van der Waals surface area contributed by atoms with Gasteiger partial charge in [0.1, 0.15) is 0 Å². The van der Waals surface area contributed by atoms with E-state index in [0.29, 0.717) is 44.7 Å². The molecular formula is C21H27N5O6S2. The van der Waals surface area contributed by atoms with E-state index >= 15 is 0 Å². The number of nitrogens with one attached hydrogen (secondary N) is 2. The first kappa shape index (κ1) is 24.4. The average Bonchev–Trinajstić information content (AvgIpc) is 3.53. The van der Waals surface area contributed by atoms with Gasteiger partial charge in [-0.1, -0.05) is 11.3 Å². The summed E-state index contributed by atoms with van der Waals surface area (Å²) in [7, 11) is -3.73. The first-order chi connectivity index (χ1) is 16.1. The number of aromatic nitrogens is 1. The molecule has 4 rings (SSSR count). The third-order valence-corrected chi connectivity index (χ3v) is 9.84. The fourth-order valence-corrected chi connectivity index (χ4v) is 7.59. The molecule has 0 aromatic carbocycles. The zero-order chi connectivity index (χ0) is 24.5. The van der Waals surface area contributed by atoms with Crippen LogP contribution in [0.5, 0.6) is 0 Å². The quantitative estimate of drug-likeness (QED) is 0.600. The number of piperidine rings is 1. The van der Waals surface area contributed by atoms with Crippen LogP contribution in [0.2, 0.25) is 0 Å². The Morgan fingerprint density at radius 2 is 1.91 bits per heavy atom. The van der Waals surface area contributed by atoms with E-state index in [1.54, 1.807) is 17.9 Å². The third-order valence-electron chi connectivity index (χ3n) is 6.34. The molecule has 2 fully saturated rings. The van der Waals surface area contributed by atoms with Crippen molar-refractivity contribution in [3.8, 4) is 0 Å². The number of carbonyl (C=O) groups is 3. The monoisotopic (exact) mass is 509 g/mol. The van der Waals surface area contributed by atoms with Crippen molar-refractivity contribution in [1.29, 1.82) is 0 Å². The molecule has 11 nitrogen and oxygen atoms in total. The molecule has 3 amide bonds. The Kier molecular flexibility index (Phi) is 6.78. The topological polar surface area (TPSA) is 142 Å². The number of aryl methyl sites for hydroxylation is 1. The summed E-state index contributed by atoms with van der Waals surface area (Å²) in [4.78, 5) is 41.7. The van der Waals surface area contributed by atoms with Crippen molar-refractivity contribution in [3.05, 3.63) is 29.9 Å². The highest BCUT2D eigenvalue weighted by Crippen LogP contribution is 2.43. The van der Waals surface area contributed by atoms with Crippen molar-refractivity contribution >= 4 is 44.2 Å². The molecule has 0 saturated carbocycles. The van der Waals surface area contributed by atoms with Gasteiger partial charge >= 0.3 is 0 Å². The van der Waals surface area contributed by atoms with Crippen LogP contribution in [0.15, 0.2) is 27.0 Å². The van der Waals surface area contributed by atoms with Gasteiger partial charge in [0.15, 0.2) is 15.1 Å². The number of hydrogen-bond donors (Lipinski definition) is 2. The smallest absolute Gasteiger partial charge is 0.287 e. The summed E-state index contributed by atoms with van der Waals surface area (Å²) in [6.07, 6.45) is 3.50. The summed E-state index contributed by atoms with van der Waals surface area (Å²) in [6, 6.07) is 3.13. The molecule has 2 aliphatic heterocycles. The average molecular weight is 510 g/mol. The Labute approximate surface area is 201 Å². The molecule has 2 aliphatic rings. The minimum Gasteiger partial charge on any atom is -0.459 e. The second-order valence-electron chi connectivity index (χ2n) is 8.70. The fourth-order valence-electron chi connectivity index (χ4n) is 4.44. The molecule has 2 saturated heterocycles. The number of likely N-dealkylation sites (tertiary alicyclic amines) is 1. The van der Waals surface area contributed by atoms with Crippen molar-refractivity contribution in [2.75, 3.05) is 38.0 Å². The molecule has 13 heteroatoms. The van der Waals surface area contributed by atoms with Gasteiger partial charge < -0.3 is 20.0 Å². The molecule has 0 aliphatic carbocycles. The number of anilines is 1. The Morgan fingerprint density at radius 3 is 2.56 bits per heavy atom. The van der Waals surface area contributed by atoms with E-state index < -0.39 is 15.9 Å². The second-order valence-corrected chi connectivity index (χ2v) is 11.8. The van der Waals surface area contributed by atoms with Gasteiger partial charge in [-0.15, -0.1) is 0 Å². The van der Waals surface area contributed by atoms with Crippen LogP contribution >= 0.6 is 11.3 Å². The highest BCUT2D eigenvalue weighted by atomic mass is 32.2. The van der Waals surface area contributed by atoms with E-state index in [2.05, 4.69) is 15.6 Å². The molecule has 0 unspecified atom stereocenters. The molecule has 2 aromatic heterocycles. The standard InChI is InChI=1S/C21H27N5O6S2/c1-14-19(33-20(23-14)24-15(2)27)34(30,31)26-10-7-21(13-26)5-8-25(9-6-21)17(28)12-22-18(29)16-4-3-11-32-16/h3-4,11H,5-10,12-13H2,1-2H3,(H,22,29)(H,23,24,27). The molecule has 1 spiro atoms. The highest BCUT2D eigenvalue weighted by Gasteiger charge is 2.45. The van der Waals surface area contributed by atoms with E-state index in [9.17, 15) is 22.8 Å². The number of hydrogen-bond acceptors (Lipinski definition) is 8. The van der Waals surface area contributed by atoms with Crippen LogP contribution in [0.25, 0.3) is 0 Å². The lowest BCUT2D eigenvalue weighted by Crippen LogP contribution is -2.47.